The van der Waals surface area contributed by atoms with Gasteiger partial charge < -0.3 is 26.2 Å². The van der Waals surface area contributed by atoms with Gasteiger partial charge in [-0.25, -0.2) is 9.59 Å². The molecule has 12 heteroatoms. The highest BCUT2D eigenvalue weighted by atomic mass is 35.5. The highest BCUT2D eigenvalue weighted by molar-refractivity contribution is 5.85. The third-order valence-corrected chi connectivity index (χ3v) is 4.20. The predicted molar refractivity (Wildman–Crippen MR) is 102 cm³/mol. The number of non-ortho nitro benzene ring substituents is 1. The number of urea groups is 1. The molecule has 0 bridgehead atoms. The Kier molecular flexibility index (Phi) is 8.89. The molecule has 28 heavy (non-hydrogen) atoms. The van der Waals surface area contributed by atoms with Crippen molar-refractivity contribution in [2.45, 2.75) is 25.2 Å². The summed E-state index contributed by atoms with van der Waals surface area (Å²) in [5, 5.41) is 26.7. The largest absolute Gasteiger partial charge is 0.444 e. The molecule has 0 radical (unpaired) electrons. The van der Waals surface area contributed by atoms with Crippen LogP contribution in [0.1, 0.15) is 18.4 Å². The van der Waals surface area contributed by atoms with Crippen molar-refractivity contribution >= 4 is 30.2 Å². The van der Waals surface area contributed by atoms with E-state index in [1.165, 1.54) is 29.2 Å². The van der Waals surface area contributed by atoms with E-state index in [2.05, 4.69) is 10.6 Å². The topological polar surface area (TPSA) is 160 Å². The lowest BCUT2D eigenvalue weighted by Gasteiger charge is -2.33. The molecule has 5 N–H and O–H groups in total. The standard InChI is InChI=1S/C16H23N5O6.ClH/c17-14(22)19-8-7-18-11-16(24)6-1-9-20(16)15(23)27-10-12-2-4-13(5-3-12)21(25)26;/h2-5,18,24H,1,6-11H2,(H3,17,19,22);1H. The summed E-state index contributed by atoms with van der Waals surface area (Å²) in [6, 6.07) is 5.05. The monoisotopic (exact) mass is 417 g/mol. The molecular formula is C16H24ClN5O6. The first-order chi connectivity index (χ1) is 12.8. The van der Waals surface area contributed by atoms with Gasteiger partial charge in [0.05, 0.1) is 4.92 Å². The molecule has 0 aliphatic carbocycles. The minimum atomic E-state index is -1.38. The van der Waals surface area contributed by atoms with E-state index in [1.54, 1.807) is 0 Å². The number of nitrogens with zero attached hydrogens (tertiary/aromatic N) is 2. The number of benzene rings is 1. The summed E-state index contributed by atoms with van der Waals surface area (Å²) in [5.41, 5.74) is 4.14. The van der Waals surface area contributed by atoms with E-state index in [4.69, 9.17) is 10.5 Å². The first-order valence-corrected chi connectivity index (χ1v) is 8.46. The Morgan fingerprint density at radius 1 is 1.32 bits per heavy atom. The van der Waals surface area contributed by atoms with Crippen molar-refractivity contribution in [3.63, 3.8) is 0 Å². The highest BCUT2D eigenvalue weighted by Gasteiger charge is 2.42. The van der Waals surface area contributed by atoms with Crippen molar-refractivity contribution in [1.29, 1.82) is 0 Å². The van der Waals surface area contributed by atoms with Crippen molar-refractivity contribution in [1.82, 2.24) is 15.5 Å². The minimum Gasteiger partial charge on any atom is -0.444 e. The number of hydrogen-bond donors (Lipinski definition) is 4. The van der Waals surface area contributed by atoms with Gasteiger partial charge in [-0.05, 0) is 30.5 Å². The number of amides is 3. The molecule has 1 aliphatic rings. The Hall–Kier alpha value is -2.63. The molecular weight excluding hydrogens is 394 g/mol. The molecule has 3 amide bonds. The van der Waals surface area contributed by atoms with Crippen molar-refractivity contribution in [3.05, 3.63) is 39.9 Å². The molecule has 1 saturated heterocycles. The smallest absolute Gasteiger partial charge is 0.412 e. The molecule has 156 valence electrons. The number of aliphatic hydroxyl groups is 1. The summed E-state index contributed by atoms with van der Waals surface area (Å²) in [6.45, 7) is 1.11. The van der Waals surface area contributed by atoms with Gasteiger partial charge in [-0.15, -0.1) is 12.4 Å². The molecule has 1 aliphatic heterocycles. The number of nitrogens with one attached hydrogen (secondary N) is 2. The van der Waals surface area contributed by atoms with E-state index in [-0.39, 0.29) is 31.2 Å². The Bertz CT molecular complexity index is 689. The van der Waals surface area contributed by atoms with Gasteiger partial charge in [-0.2, -0.15) is 0 Å². The van der Waals surface area contributed by atoms with Crippen molar-refractivity contribution in [2.75, 3.05) is 26.2 Å². The molecule has 1 heterocycles. The summed E-state index contributed by atoms with van der Waals surface area (Å²) >= 11 is 0. The number of ether oxygens (including phenoxy) is 1. The summed E-state index contributed by atoms with van der Waals surface area (Å²) in [4.78, 5) is 34.3. The van der Waals surface area contributed by atoms with Crippen LogP contribution in [0.2, 0.25) is 0 Å². The van der Waals surface area contributed by atoms with Crippen LogP contribution in [0.4, 0.5) is 15.3 Å². The van der Waals surface area contributed by atoms with Crippen LogP contribution >= 0.6 is 12.4 Å². The lowest BCUT2D eigenvalue weighted by molar-refractivity contribution is -0.384. The van der Waals surface area contributed by atoms with Crippen LogP contribution in [-0.2, 0) is 11.3 Å². The summed E-state index contributed by atoms with van der Waals surface area (Å²) < 4.78 is 5.22. The number of nitro benzene ring substituents is 1. The summed E-state index contributed by atoms with van der Waals surface area (Å²) in [7, 11) is 0. The lowest BCUT2D eigenvalue weighted by Crippen LogP contribution is -2.54. The van der Waals surface area contributed by atoms with Crippen LogP contribution in [-0.4, -0.2) is 59.0 Å². The second kappa shape index (κ2) is 10.6. The van der Waals surface area contributed by atoms with Crippen molar-refractivity contribution in [3.8, 4) is 0 Å². The van der Waals surface area contributed by atoms with E-state index in [0.717, 1.165) is 0 Å². The van der Waals surface area contributed by atoms with Crippen molar-refractivity contribution in [2.24, 2.45) is 5.73 Å². The molecule has 1 aromatic rings. The third-order valence-electron chi connectivity index (χ3n) is 4.20. The number of carbonyl (C=O) groups is 2. The molecule has 0 saturated carbocycles. The van der Waals surface area contributed by atoms with Gasteiger partial charge in [-0.1, -0.05) is 0 Å². The van der Waals surface area contributed by atoms with Gasteiger partial charge in [-0.3, -0.25) is 15.0 Å². The quantitative estimate of drug-likeness (QED) is 0.275. The average molecular weight is 418 g/mol. The number of rotatable bonds is 8. The van der Waals surface area contributed by atoms with E-state index < -0.39 is 22.8 Å². The van der Waals surface area contributed by atoms with Gasteiger partial charge in [0.15, 0.2) is 5.72 Å². The van der Waals surface area contributed by atoms with Gasteiger partial charge in [0.1, 0.15) is 6.61 Å². The van der Waals surface area contributed by atoms with Crippen molar-refractivity contribution < 1.29 is 24.4 Å². The number of nitrogens with two attached hydrogens (primary N) is 1. The maximum Gasteiger partial charge on any atom is 0.412 e. The summed E-state index contributed by atoms with van der Waals surface area (Å²) in [5.74, 6) is 0. The molecule has 11 nitrogen and oxygen atoms in total. The van der Waals surface area contributed by atoms with Crippen LogP contribution in [0.25, 0.3) is 0 Å². The zero-order valence-corrected chi connectivity index (χ0v) is 15.9. The zero-order chi connectivity index (χ0) is 19.9. The zero-order valence-electron chi connectivity index (χ0n) is 15.1. The second-order valence-corrected chi connectivity index (χ2v) is 6.18. The molecule has 1 atom stereocenters. The average Bonchev–Trinajstić information content (AvgIpc) is 3.01. The van der Waals surface area contributed by atoms with Gasteiger partial charge >= 0.3 is 12.1 Å². The Morgan fingerprint density at radius 3 is 2.61 bits per heavy atom. The van der Waals surface area contributed by atoms with Gasteiger partial charge in [0, 0.05) is 38.3 Å². The number of primary amides is 1. The molecule has 0 spiro atoms. The molecule has 0 aromatic heterocycles. The predicted octanol–water partition coefficient (Wildman–Crippen LogP) is 0.696. The third kappa shape index (κ3) is 6.51. The maximum absolute atomic E-state index is 12.3. The fourth-order valence-corrected chi connectivity index (χ4v) is 2.81. The van der Waals surface area contributed by atoms with Crippen LogP contribution in [0, 0.1) is 10.1 Å². The Morgan fingerprint density at radius 2 is 2.00 bits per heavy atom. The van der Waals surface area contributed by atoms with Crippen LogP contribution in [0.3, 0.4) is 0 Å². The van der Waals surface area contributed by atoms with Crippen LogP contribution in [0.15, 0.2) is 24.3 Å². The highest BCUT2D eigenvalue weighted by Crippen LogP contribution is 2.27. The lowest BCUT2D eigenvalue weighted by atomic mass is 10.1. The van der Waals surface area contributed by atoms with E-state index in [9.17, 15) is 24.8 Å². The maximum atomic E-state index is 12.3. The fourth-order valence-electron chi connectivity index (χ4n) is 2.81. The first kappa shape index (κ1) is 23.4. The normalized spacial score (nSPS) is 18.2. The first-order valence-electron chi connectivity index (χ1n) is 8.46. The van der Waals surface area contributed by atoms with Gasteiger partial charge in [0.2, 0.25) is 0 Å². The number of likely N-dealkylation sites (tertiary alicyclic amines) is 1. The van der Waals surface area contributed by atoms with E-state index in [1.807, 2.05) is 0 Å². The van der Waals surface area contributed by atoms with E-state index >= 15 is 0 Å². The van der Waals surface area contributed by atoms with Gasteiger partial charge in [0.25, 0.3) is 5.69 Å². The van der Waals surface area contributed by atoms with Crippen LogP contribution in [0.5, 0.6) is 0 Å². The summed E-state index contributed by atoms with van der Waals surface area (Å²) in [6.07, 6.45) is 0.366. The van der Waals surface area contributed by atoms with E-state index in [0.29, 0.717) is 38.0 Å². The molecule has 1 fully saturated rings. The number of nitro groups is 1. The Balaban J connectivity index is 0.00000392. The molecule has 2 rings (SSSR count). The molecule has 1 aromatic carbocycles. The Labute approximate surface area is 167 Å². The number of carbonyl (C=O) groups excluding carboxylic acids is 2. The SMILES string of the molecule is Cl.NC(=O)NCCNCC1(O)CCCN1C(=O)OCc1ccc([N+](=O)[O-])cc1. The number of hydrogen-bond acceptors (Lipinski definition) is 7. The molecule has 1 unspecified atom stereocenters. The number of halogens is 1. The minimum absolute atomic E-state index is 0. The fraction of sp³-hybridized carbons (Fsp3) is 0.500. The van der Waals surface area contributed by atoms with Crippen LogP contribution < -0.4 is 16.4 Å². The second-order valence-electron chi connectivity index (χ2n) is 6.18.